The van der Waals surface area contributed by atoms with Crippen molar-refractivity contribution in [2.24, 2.45) is 0 Å². The zero-order valence-corrected chi connectivity index (χ0v) is 12.3. The monoisotopic (exact) mass is 298 g/mol. The molecule has 1 atom stereocenters. The van der Waals surface area contributed by atoms with E-state index in [2.05, 4.69) is 15.0 Å². The van der Waals surface area contributed by atoms with Gasteiger partial charge >= 0.3 is 0 Å². The van der Waals surface area contributed by atoms with Crippen LogP contribution in [0.3, 0.4) is 0 Å². The van der Waals surface area contributed by atoms with E-state index in [1.165, 1.54) is 12.4 Å². The molecule has 2 heterocycles. The topological polar surface area (TPSA) is 91.4 Å². The standard InChI is InChI=1S/C12H18N4O3S/c1-13-10-5-6-14-7-11(10)20(18,19)15-9-3-4-12(17)16(2)8-9/h5-7,9,15H,3-4,8H2,1-2H3,(H,13,14). The van der Waals surface area contributed by atoms with Crippen molar-refractivity contribution >= 4 is 21.6 Å². The maximum Gasteiger partial charge on any atom is 0.244 e. The van der Waals surface area contributed by atoms with Gasteiger partial charge in [-0.2, -0.15) is 0 Å². The predicted octanol–water partition coefficient (Wildman–Crippen LogP) is 0.0224. The molecule has 8 heteroatoms. The van der Waals surface area contributed by atoms with Crippen LogP contribution in [0.4, 0.5) is 5.69 Å². The van der Waals surface area contributed by atoms with Crippen molar-refractivity contribution in [1.29, 1.82) is 0 Å². The van der Waals surface area contributed by atoms with Gasteiger partial charge in [-0.25, -0.2) is 13.1 Å². The molecular weight excluding hydrogens is 280 g/mol. The third-order valence-electron chi connectivity index (χ3n) is 3.29. The van der Waals surface area contributed by atoms with Gasteiger partial charge in [0.2, 0.25) is 15.9 Å². The van der Waals surface area contributed by atoms with E-state index in [4.69, 9.17) is 0 Å². The molecule has 1 saturated heterocycles. The average Bonchev–Trinajstić information content (AvgIpc) is 2.42. The molecule has 1 unspecified atom stereocenters. The fraction of sp³-hybridized carbons (Fsp3) is 0.500. The molecule has 1 amide bonds. The Morgan fingerprint density at radius 3 is 2.85 bits per heavy atom. The molecular formula is C12H18N4O3S. The maximum absolute atomic E-state index is 12.4. The summed E-state index contributed by atoms with van der Waals surface area (Å²) in [6, 6.07) is 1.33. The third-order valence-corrected chi connectivity index (χ3v) is 4.84. The fourth-order valence-corrected chi connectivity index (χ4v) is 3.61. The minimum absolute atomic E-state index is 0.0396. The second kappa shape index (κ2) is 5.76. The largest absolute Gasteiger partial charge is 0.387 e. The van der Waals surface area contributed by atoms with Gasteiger partial charge in [0.25, 0.3) is 0 Å². The molecule has 1 fully saturated rings. The Morgan fingerprint density at radius 2 is 2.20 bits per heavy atom. The number of carbonyl (C=O) groups is 1. The van der Waals surface area contributed by atoms with Crippen LogP contribution in [0, 0.1) is 0 Å². The lowest BCUT2D eigenvalue weighted by Gasteiger charge is -2.30. The lowest BCUT2D eigenvalue weighted by Crippen LogP contribution is -2.48. The van der Waals surface area contributed by atoms with Crippen LogP contribution in [-0.4, -0.2) is 50.9 Å². The van der Waals surface area contributed by atoms with Gasteiger partial charge in [0, 0.05) is 45.5 Å². The predicted molar refractivity (Wildman–Crippen MR) is 74.8 cm³/mol. The fourth-order valence-electron chi connectivity index (χ4n) is 2.19. The number of anilines is 1. The third kappa shape index (κ3) is 3.07. The van der Waals surface area contributed by atoms with E-state index in [0.29, 0.717) is 25.1 Å². The SMILES string of the molecule is CNc1ccncc1S(=O)(=O)NC1CCC(=O)N(C)C1. The van der Waals surface area contributed by atoms with E-state index in [9.17, 15) is 13.2 Å². The Balaban J connectivity index is 2.17. The van der Waals surface area contributed by atoms with Crippen LogP contribution >= 0.6 is 0 Å². The molecule has 20 heavy (non-hydrogen) atoms. The van der Waals surface area contributed by atoms with Crippen molar-refractivity contribution in [3.8, 4) is 0 Å². The molecule has 2 rings (SSSR count). The Morgan fingerprint density at radius 1 is 1.45 bits per heavy atom. The number of amides is 1. The van der Waals surface area contributed by atoms with Crippen molar-refractivity contribution in [2.45, 2.75) is 23.8 Å². The molecule has 1 aliphatic heterocycles. The number of hydrogen-bond donors (Lipinski definition) is 2. The highest BCUT2D eigenvalue weighted by molar-refractivity contribution is 7.89. The average molecular weight is 298 g/mol. The van der Waals surface area contributed by atoms with Crippen molar-refractivity contribution in [3.05, 3.63) is 18.5 Å². The summed E-state index contributed by atoms with van der Waals surface area (Å²) in [6.07, 6.45) is 3.71. The lowest BCUT2D eigenvalue weighted by molar-refractivity contribution is -0.132. The van der Waals surface area contributed by atoms with Gasteiger partial charge in [-0.05, 0) is 12.5 Å². The molecule has 0 spiro atoms. The number of likely N-dealkylation sites (tertiary alicyclic amines) is 1. The van der Waals surface area contributed by atoms with E-state index in [0.717, 1.165) is 0 Å². The van der Waals surface area contributed by atoms with E-state index in [1.54, 1.807) is 25.1 Å². The van der Waals surface area contributed by atoms with Gasteiger partial charge < -0.3 is 10.2 Å². The van der Waals surface area contributed by atoms with Gasteiger partial charge in [-0.15, -0.1) is 0 Å². The van der Waals surface area contributed by atoms with Gasteiger partial charge in [0.05, 0.1) is 5.69 Å². The normalized spacial score (nSPS) is 20.0. The van der Waals surface area contributed by atoms with Crippen molar-refractivity contribution in [2.75, 3.05) is 26.0 Å². The first-order valence-electron chi connectivity index (χ1n) is 6.32. The zero-order chi connectivity index (χ0) is 14.8. The summed E-state index contributed by atoms with van der Waals surface area (Å²) in [4.78, 5) is 16.9. The minimum Gasteiger partial charge on any atom is -0.387 e. The first kappa shape index (κ1) is 14.7. The quantitative estimate of drug-likeness (QED) is 0.818. The molecule has 110 valence electrons. The lowest BCUT2D eigenvalue weighted by atomic mass is 10.1. The van der Waals surface area contributed by atoms with Crippen LogP contribution in [-0.2, 0) is 14.8 Å². The number of hydrogen-bond acceptors (Lipinski definition) is 5. The molecule has 0 radical (unpaired) electrons. The molecule has 0 saturated carbocycles. The molecule has 1 aromatic rings. The summed E-state index contributed by atoms with van der Waals surface area (Å²) in [5, 5.41) is 2.83. The molecule has 2 N–H and O–H groups in total. The first-order chi connectivity index (χ1) is 9.44. The summed E-state index contributed by atoms with van der Waals surface area (Å²) in [5.74, 6) is 0.0396. The van der Waals surface area contributed by atoms with Crippen LogP contribution in [0.5, 0.6) is 0 Å². The number of likely N-dealkylation sites (N-methyl/N-ethyl adjacent to an activating group) is 1. The summed E-state index contributed by atoms with van der Waals surface area (Å²) in [6.45, 7) is 0.382. The van der Waals surface area contributed by atoms with Gasteiger partial charge in [-0.1, -0.05) is 0 Å². The Hall–Kier alpha value is -1.67. The number of rotatable bonds is 4. The van der Waals surface area contributed by atoms with E-state index < -0.39 is 10.0 Å². The van der Waals surface area contributed by atoms with Crippen molar-refractivity contribution < 1.29 is 13.2 Å². The molecule has 1 aromatic heterocycles. The zero-order valence-electron chi connectivity index (χ0n) is 11.5. The number of carbonyl (C=O) groups excluding carboxylic acids is 1. The Kier molecular flexibility index (Phi) is 4.24. The molecule has 0 bridgehead atoms. The number of pyridine rings is 1. The molecule has 0 aromatic carbocycles. The van der Waals surface area contributed by atoms with Crippen LogP contribution in [0.25, 0.3) is 0 Å². The molecule has 7 nitrogen and oxygen atoms in total. The summed E-state index contributed by atoms with van der Waals surface area (Å²) < 4.78 is 27.4. The number of nitrogens with zero attached hydrogens (tertiary/aromatic N) is 2. The number of nitrogens with one attached hydrogen (secondary N) is 2. The number of sulfonamides is 1. The van der Waals surface area contributed by atoms with Crippen molar-refractivity contribution in [3.63, 3.8) is 0 Å². The second-order valence-corrected chi connectivity index (χ2v) is 6.44. The minimum atomic E-state index is -3.66. The van der Waals surface area contributed by atoms with Gasteiger partial charge in [-0.3, -0.25) is 9.78 Å². The highest BCUT2D eigenvalue weighted by atomic mass is 32.2. The van der Waals surface area contributed by atoms with Crippen molar-refractivity contribution in [1.82, 2.24) is 14.6 Å². The summed E-state index contributed by atoms with van der Waals surface area (Å²) >= 11 is 0. The van der Waals surface area contributed by atoms with Crippen LogP contribution in [0.2, 0.25) is 0 Å². The highest BCUT2D eigenvalue weighted by Crippen LogP contribution is 2.20. The molecule has 0 aliphatic carbocycles. The highest BCUT2D eigenvalue weighted by Gasteiger charge is 2.28. The summed E-state index contributed by atoms with van der Waals surface area (Å²) in [5.41, 5.74) is 0.493. The smallest absolute Gasteiger partial charge is 0.244 e. The van der Waals surface area contributed by atoms with Crippen LogP contribution < -0.4 is 10.0 Å². The van der Waals surface area contributed by atoms with Crippen LogP contribution in [0.1, 0.15) is 12.8 Å². The second-order valence-electron chi connectivity index (χ2n) is 4.75. The maximum atomic E-state index is 12.4. The Bertz CT molecular complexity index is 602. The molecule has 1 aliphatic rings. The van der Waals surface area contributed by atoms with Gasteiger partial charge in [0.15, 0.2) is 0 Å². The van der Waals surface area contributed by atoms with E-state index in [-0.39, 0.29) is 16.8 Å². The van der Waals surface area contributed by atoms with E-state index in [1.807, 2.05) is 0 Å². The van der Waals surface area contributed by atoms with Crippen LogP contribution in [0.15, 0.2) is 23.4 Å². The Labute approximate surface area is 118 Å². The number of aromatic nitrogens is 1. The van der Waals surface area contributed by atoms with Gasteiger partial charge in [0.1, 0.15) is 4.90 Å². The number of piperidine rings is 1. The first-order valence-corrected chi connectivity index (χ1v) is 7.80. The summed E-state index contributed by atoms with van der Waals surface area (Å²) in [7, 11) is -0.330. The van der Waals surface area contributed by atoms with E-state index >= 15 is 0 Å².